The van der Waals surface area contributed by atoms with E-state index in [-0.39, 0.29) is 29.2 Å². The summed E-state index contributed by atoms with van der Waals surface area (Å²) < 4.78 is 43.3. The van der Waals surface area contributed by atoms with Crippen molar-refractivity contribution in [2.24, 2.45) is 10.9 Å². The van der Waals surface area contributed by atoms with E-state index in [9.17, 15) is 17.6 Å². The number of nitrogens with one attached hydrogen (secondary N) is 2. The summed E-state index contributed by atoms with van der Waals surface area (Å²) in [5.41, 5.74) is 6.54. The van der Waals surface area contributed by atoms with Crippen molar-refractivity contribution in [3.8, 4) is 5.75 Å². The fourth-order valence-corrected chi connectivity index (χ4v) is 3.75. The van der Waals surface area contributed by atoms with E-state index in [1.54, 1.807) is 50.2 Å². The number of amides is 1. The summed E-state index contributed by atoms with van der Waals surface area (Å²) in [4.78, 5) is 18.9. The van der Waals surface area contributed by atoms with Crippen molar-refractivity contribution in [2.45, 2.75) is 31.3 Å². The van der Waals surface area contributed by atoms with Crippen LogP contribution in [0.3, 0.4) is 0 Å². The highest BCUT2D eigenvalue weighted by Crippen LogP contribution is 2.24. The van der Waals surface area contributed by atoms with Crippen LogP contribution < -0.4 is 26.2 Å². The lowest BCUT2D eigenvalue weighted by Crippen LogP contribution is -2.22. The summed E-state index contributed by atoms with van der Waals surface area (Å²) in [6, 6.07) is 11.2. The van der Waals surface area contributed by atoms with Crippen LogP contribution in [0.4, 0.5) is 27.5 Å². The Morgan fingerprint density at radius 2 is 1.82 bits per heavy atom. The number of rotatable bonds is 9. The molecule has 0 saturated carbocycles. The number of aromatic nitrogens is 2. The van der Waals surface area contributed by atoms with Gasteiger partial charge in [-0.15, -0.1) is 0 Å². The molecule has 3 aromatic rings. The maximum atomic E-state index is 14.3. The zero-order valence-corrected chi connectivity index (χ0v) is 18.7. The minimum Gasteiger partial charge on any atom is -0.490 e. The van der Waals surface area contributed by atoms with Crippen LogP contribution >= 0.6 is 0 Å². The molecule has 2 aromatic carbocycles. The topological polar surface area (TPSA) is 162 Å². The Balaban J connectivity index is 1.74. The number of aryl methyl sites for hydroxylation is 1. The summed E-state index contributed by atoms with van der Waals surface area (Å²) in [5, 5.41) is 10.9. The van der Waals surface area contributed by atoms with Crippen molar-refractivity contribution >= 4 is 39.1 Å². The summed E-state index contributed by atoms with van der Waals surface area (Å²) in [6.45, 7) is 3.34. The van der Waals surface area contributed by atoms with Gasteiger partial charge in [0, 0.05) is 11.4 Å². The van der Waals surface area contributed by atoms with Gasteiger partial charge in [0.1, 0.15) is 11.9 Å². The maximum absolute atomic E-state index is 14.3. The highest BCUT2D eigenvalue weighted by Gasteiger charge is 2.14. The Hall–Kier alpha value is -3.77. The van der Waals surface area contributed by atoms with Gasteiger partial charge in [-0.2, -0.15) is 4.98 Å². The van der Waals surface area contributed by atoms with Gasteiger partial charge in [0.2, 0.25) is 21.9 Å². The number of nitrogens with zero attached hydrogens (tertiary/aromatic N) is 2. The van der Waals surface area contributed by atoms with Crippen molar-refractivity contribution in [1.29, 1.82) is 0 Å². The molecule has 0 radical (unpaired) electrons. The van der Waals surface area contributed by atoms with Gasteiger partial charge in [0.05, 0.1) is 17.5 Å². The Bertz CT molecular complexity index is 1270. The van der Waals surface area contributed by atoms with Crippen molar-refractivity contribution in [3.63, 3.8) is 0 Å². The molecule has 0 spiro atoms. The molecule has 10 nitrogen and oxygen atoms in total. The van der Waals surface area contributed by atoms with Crippen molar-refractivity contribution < 1.29 is 22.3 Å². The second kappa shape index (κ2) is 9.79. The van der Waals surface area contributed by atoms with E-state index >= 15 is 0 Å². The van der Waals surface area contributed by atoms with Crippen LogP contribution in [0.1, 0.15) is 18.9 Å². The van der Waals surface area contributed by atoms with Crippen LogP contribution in [0.5, 0.6) is 5.75 Å². The molecule has 0 aliphatic heterocycles. The van der Waals surface area contributed by atoms with E-state index in [1.165, 1.54) is 6.07 Å². The number of carbonyl (C=O) groups is 1. The van der Waals surface area contributed by atoms with Crippen LogP contribution in [0.15, 0.2) is 53.6 Å². The molecule has 0 aliphatic rings. The van der Waals surface area contributed by atoms with Crippen LogP contribution in [0.25, 0.3) is 0 Å². The van der Waals surface area contributed by atoms with Crippen molar-refractivity contribution in [1.82, 2.24) is 9.97 Å². The van der Waals surface area contributed by atoms with Gasteiger partial charge in [0.15, 0.2) is 11.6 Å². The second-order valence-corrected chi connectivity index (χ2v) is 8.82. The predicted octanol–water partition coefficient (Wildman–Crippen LogP) is 2.70. The van der Waals surface area contributed by atoms with Gasteiger partial charge < -0.3 is 21.1 Å². The zero-order valence-electron chi connectivity index (χ0n) is 17.9. The van der Waals surface area contributed by atoms with Gasteiger partial charge in [-0.1, -0.05) is 6.07 Å². The van der Waals surface area contributed by atoms with Crippen LogP contribution in [0, 0.1) is 12.7 Å². The number of carbonyl (C=O) groups excluding carboxylic acids is 1. The number of primary sulfonamides is 1. The first-order valence-corrected chi connectivity index (χ1v) is 11.3. The molecule has 0 bridgehead atoms. The Labute approximate surface area is 190 Å². The SMILES string of the molecule is Cc1ccc(Nc2ncc(F)c(Nc3ccc(OC(C)CC(N)=O)cc3)n2)cc1S(N)(=O)=O. The number of nitrogens with two attached hydrogens (primary N) is 2. The molecule has 1 atom stereocenters. The van der Waals surface area contributed by atoms with Crippen molar-refractivity contribution in [2.75, 3.05) is 10.6 Å². The molecule has 1 aromatic heterocycles. The molecular formula is C21H23FN6O4S. The number of benzene rings is 2. The molecule has 0 aliphatic carbocycles. The third-order valence-corrected chi connectivity index (χ3v) is 5.49. The second-order valence-electron chi connectivity index (χ2n) is 7.29. The van der Waals surface area contributed by atoms with E-state index in [2.05, 4.69) is 20.6 Å². The van der Waals surface area contributed by atoms with Crippen molar-refractivity contribution in [3.05, 3.63) is 60.0 Å². The molecule has 12 heteroatoms. The number of ether oxygens (including phenoxy) is 1. The number of sulfonamides is 1. The summed E-state index contributed by atoms with van der Waals surface area (Å²) in [5.74, 6) is -0.684. The Morgan fingerprint density at radius 3 is 2.45 bits per heavy atom. The fraction of sp³-hybridized carbons (Fsp3) is 0.190. The number of hydrogen-bond donors (Lipinski definition) is 4. The zero-order chi connectivity index (χ0) is 24.2. The van der Waals surface area contributed by atoms with Gasteiger partial charge in [-0.25, -0.2) is 22.9 Å². The van der Waals surface area contributed by atoms with E-state index in [0.29, 0.717) is 22.7 Å². The smallest absolute Gasteiger partial charge is 0.238 e. The molecule has 0 fully saturated rings. The van der Waals surface area contributed by atoms with Gasteiger partial charge in [0.25, 0.3) is 0 Å². The van der Waals surface area contributed by atoms with Crippen LogP contribution in [0.2, 0.25) is 0 Å². The molecule has 174 valence electrons. The standard InChI is InChI=1S/C21H23FN6O4S/c1-12-3-4-15(10-18(12)33(24,30)31)27-21-25-11-17(22)20(28-21)26-14-5-7-16(8-6-14)32-13(2)9-19(23)29/h3-8,10-11,13H,9H2,1-2H3,(H2,23,29)(H2,24,30,31)(H2,25,26,27,28). The Morgan fingerprint density at radius 1 is 1.15 bits per heavy atom. The third-order valence-electron chi connectivity index (χ3n) is 4.44. The summed E-state index contributed by atoms with van der Waals surface area (Å²) >= 11 is 0. The maximum Gasteiger partial charge on any atom is 0.238 e. The Kier molecular flexibility index (Phi) is 7.09. The molecule has 3 rings (SSSR count). The lowest BCUT2D eigenvalue weighted by atomic mass is 10.2. The molecule has 1 amide bonds. The fourth-order valence-electron chi connectivity index (χ4n) is 2.94. The molecule has 6 N–H and O–H groups in total. The van der Waals surface area contributed by atoms with E-state index in [1.807, 2.05) is 0 Å². The average Bonchev–Trinajstić information content (AvgIpc) is 2.72. The van der Waals surface area contributed by atoms with Gasteiger partial charge >= 0.3 is 0 Å². The van der Waals surface area contributed by atoms with Crippen LogP contribution in [-0.2, 0) is 14.8 Å². The third kappa shape index (κ3) is 6.60. The molecule has 1 unspecified atom stereocenters. The van der Waals surface area contributed by atoms with Crippen LogP contribution in [-0.4, -0.2) is 30.4 Å². The summed E-state index contributed by atoms with van der Waals surface area (Å²) in [7, 11) is -3.91. The van der Waals surface area contributed by atoms with Gasteiger partial charge in [-0.3, -0.25) is 4.79 Å². The van der Waals surface area contributed by atoms with Gasteiger partial charge in [-0.05, 0) is 55.8 Å². The normalized spacial score (nSPS) is 12.1. The minimum absolute atomic E-state index is 0.0413. The van der Waals surface area contributed by atoms with E-state index < -0.39 is 21.7 Å². The minimum atomic E-state index is -3.91. The highest BCUT2D eigenvalue weighted by molar-refractivity contribution is 7.89. The first-order chi connectivity index (χ1) is 15.5. The van der Waals surface area contributed by atoms with E-state index in [4.69, 9.17) is 15.6 Å². The summed E-state index contributed by atoms with van der Waals surface area (Å²) in [6.07, 6.45) is 0.683. The number of halogens is 1. The quantitative estimate of drug-likeness (QED) is 0.368. The molecule has 0 saturated heterocycles. The largest absolute Gasteiger partial charge is 0.490 e. The highest BCUT2D eigenvalue weighted by atomic mass is 32.2. The predicted molar refractivity (Wildman–Crippen MR) is 121 cm³/mol. The first-order valence-electron chi connectivity index (χ1n) is 9.76. The molecular weight excluding hydrogens is 451 g/mol. The lowest BCUT2D eigenvalue weighted by molar-refractivity contribution is -0.119. The number of anilines is 4. The molecule has 1 heterocycles. The number of primary amides is 1. The monoisotopic (exact) mass is 474 g/mol. The average molecular weight is 475 g/mol. The lowest BCUT2D eigenvalue weighted by Gasteiger charge is -2.14. The first kappa shape index (κ1) is 23.9. The molecule has 33 heavy (non-hydrogen) atoms. The van der Waals surface area contributed by atoms with E-state index in [0.717, 1.165) is 6.20 Å². The number of hydrogen-bond acceptors (Lipinski definition) is 8.